The van der Waals surface area contributed by atoms with Gasteiger partial charge in [0.1, 0.15) is 0 Å². The Morgan fingerprint density at radius 3 is 2.25 bits per heavy atom. The third-order valence-corrected chi connectivity index (χ3v) is 5.15. The summed E-state index contributed by atoms with van der Waals surface area (Å²) in [6, 6.07) is 0.476. The van der Waals surface area contributed by atoms with Gasteiger partial charge in [-0.2, -0.15) is 0 Å². The van der Waals surface area contributed by atoms with Gasteiger partial charge in [-0.25, -0.2) is 0 Å². The highest BCUT2D eigenvalue weighted by Crippen LogP contribution is 2.38. The van der Waals surface area contributed by atoms with Gasteiger partial charge in [0.05, 0.1) is 0 Å². The lowest BCUT2D eigenvalue weighted by molar-refractivity contribution is 0.279. The highest BCUT2D eigenvalue weighted by molar-refractivity contribution is 4.87. The molecule has 0 aromatic heterocycles. The molecule has 0 aromatic carbocycles. The van der Waals surface area contributed by atoms with Gasteiger partial charge in [-0.1, -0.05) is 64.7 Å². The van der Waals surface area contributed by atoms with E-state index in [1.54, 1.807) is 0 Å². The van der Waals surface area contributed by atoms with Crippen LogP contribution in [0, 0.1) is 11.8 Å². The quantitative estimate of drug-likeness (QED) is 0.512. The number of hydrogen-bond donors (Lipinski definition) is 2. The van der Waals surface area contributed by atoms with Gasteiger partial charge in [-0.05, 0) is 37.5 Å². The number of rotatable bonds is 12. The van der Waals surface area contributed by atoms with E-state index in [2.05, 4.69) is 6.92 Å². The fourth-order valence-electron chi connectivity index (χ4n) is 3.85. The molecule has 0 heterocycles. The van der Waals surface area contributed by atoms with Gasteiger partial charge >= 0.3 is 0 Å². The molecule has 0 aromatic rings. The molecule has 120 valence electrons. The summed E-state index contributed by atoms with van der Waals surface area (Å²) in [6.45, 7) is 2.64. The molecule has 1 saturated carbocycles. The fourth-order valence-corrected chi connectivity index (χ4v) is 3.85. The van der Waals surface area contributed by atoms with E-state index in [0.29, 0.717) is 12.6 Å². The molecule has 20 heavy (non-hydrogen) atoms. The second-order valence-electron chi connectivity index (χ2n) is 6.79. The van der Waals surface area contributed by atoms with Gasteiger partial charge in [0, 0.05) is 12.6 Å². The molecule has 3 atom stereocenters. The highest BCUT2D eigenvalue weighted by Gasteiger charge is 2.32. The molecule has 0 radical (unpaired) electrons. The molecule has 1 aliphatic rings. The topological polar surface area (TPSA) is 46.2 Å². The molecule has 3 unspecified atom stereocenters. The van der Waals surface area contributed by atoms with Crippen LogP contribution in [0.4, 0.5) is 0 Å². The maximum atomic E-state index is 8.77. The maximum Gasteiger partial charge on any atom is 0.0431 e. The maximum absolute atomic E-state index is 8.77. The monoisotopic (exact) mass is 283 g/mol. The van der Waals surface area contributed by atoms with E-state index < -0.39 is 0 Å². The first-order valence-corrected chi connectivity index (χ1v) is 9.16. The molecule has 0 saturated heterocycles. The van der Waals surface area contributed by atoms with E-state index in [0.717, 1.165) is 18.3 Å². The molecular formula is C18H37NO. The number of aliphatic hydroxyl groups is 1. The summed E-state index contributed by atoms with van der Waals surface area (Å²) < 4.78 is 0. The van der Waals surface area contributed by atoms with Crippen LogP contribution in [0.1, 0.15) is 90.4 Å². The first-order valence-electron chi connectivity index (χ1n) is 9.16. The Morgan fingerprint density at radius 1 is 0.850 bits per heavy atom. The average Bonchev–Trinajstić information content (AvgIpc) is 2.80. The summed E-state index contributed by atoms with van der Waals surface area (Å²) in [4.78, 5) is 0. The zero-order valence-corrected chi connectivity index (χ0v) is 13.7. The third kappa shape index (κ3) is 7.08. The Balaban J connectivity index is 2.12. The number of nitrogens with two attached hydrogens (primary N) is 1. The van der Waals surface area contributed by atoms with Gasteiger partial charge in [0.15, 0.2) is 0 Å². The van der Waals surface area contributed by atoms with Crippen molar-refractivity contribution in [3.63, 3.8) is 0 Å². The van der Waals surface area contributed by atoms with Crippen LogP contribution in [0.5, 0.6) is 0 Å². The molecule has 2 nitrogen and oxygen atoms in total. The van der Waals surface area contributed by atoms with Crippen molar-refractivity contribution >= 4 is 0 Å². The summed E-state index contributed by atoms with van der Waals surface area (Å²) >= 11 is 0. The molecule has 2 heteroatoms. The molecule has 0 aliphatic heterocycles. The molecule has 1 rings (SSSR count). The van der Waals surface area contributed by atoms with E-state index in [1.165, 1.54) is 77.0 Å². The molecule has 1 fully saturated rings. The Morgan fingerprint density at radius 2 is 1.50 bits per heavy atom. The van der Waals surface area contributed by atoms with Crippen LogP contribution in [-0.2, 0) is 0 Å². The lowest BCUT2D eigenvalue weighted by Crippen LogP contribution is -2.27. The lowest BCUT2D eigenvalue weighted by Gasteiger charge is -2.23. The molecule has 0 amide bonds. The van der Waals surface area contributed by atoms with Gasteiger partial charge < -0.3 is 10.8 Å². The summed E-state index contributed by atoms with van der Waals surface area (Å²) in [5, 5.41) is 8.77. The summed E-state index contributed by atoms with van der Waals surface area (Å²) in [7, 11) is 0. The lowest BCUT2D eigenvalue weighted by atomic mass is 9.85. The zero-order chi connectivity index (χ0) is 14.6. The summed E-state index contributed by atoms with van der Waals surface area (Å²) in [6.07, 6.45) is 17.1. The first-order chi connectivity index (χ1) is 9.79. The zero-order valence-electron chi connectivity index (χ0n) is 13.7. The minimum atomic E-state index is 0.354. The van der Waals surface area contributed by atoms with Crippen LogP contribution in [0.2, 0.25) is 0 Å². The van der Waals surface area contributed by atoms with Crippen molar-refractivity contribution in [2.24, 2.45) is 17.6 Å². The minimum Gasteiger partial charge on any atom is -0.396 e. The number of aliphatic hydroxyl groups excluding tert-OH is 1. The largest absolute Gasteiger partial charge is 0.396 e. The third-order valence-electron chi connectivity index (χ3n) is 5.15. The van der Waals surface area contributed by atoms with Crippen LogP contribution in [0.25, 0.3) is 0 Å². The summed E-state index contributed by atoms with van der Waals surface area (Å²) in [5.41, 5.74) is 6.33. The van der Waals surface area contributed by atoms with Gasteiger partial charge in [-0.3, -0.25) is 0 Å². The Bertz CT molecular complexity index is 219. The number of hydrogen-bond acceptors (Lipinski definition) is 2. The first kappa shape index (κ1) is 18.0. The average molecular weight is 283 g/mol. The van der Waals surface area contributed by atoms with Crippen molar-refractivity contribution in [3.05, 3.63) is 0 Å². The van der Waals surface area contributed by atoms with E-state index >= 15 is 0 Å². The van der Waals surface area contributed by atoms with E-state index in [9.17, 15) is 0 Å². The van der Waals surface area contributed by atoms with Gasteiger partial charge in [-0.15, -0.1) is 0 Å². The smallest absolute Gasteiger partial charge is 0.0431 e. The van der Waals surface area contributed by atoms with Crippen molar-refractivity contribution < 1.29 is 5.11 Å². The predicted molar refractivity (Wildman–Crippen MR) is 87.7 cm³/mol. The van der Waals surface area contributed by atoms with E-state index in [4.69, 9.17) is 10.8 Å². The SMILES string of the molecule is CCCCCCC1CCC(N)C1CCCCCCCO. The van der Waals surface area contributed by atoms with Crippen molar-refractivity contribution in [2.75, 3.05) is 6.61 Å². The fraction of sp³-hybridized carbons (Fsp3) is 1.00. The molecule has 1 aliphatic carbocycles. The minimum absolute atomic E-state index is 0.354. The van der Waals surface area contributed by atoms with Crippen LogP contribution >= 0.6 is 0 Å². The van der Waals surface area contributed by atoms with E-state index in [1.807, 2.05) is 0 Å². The van der Waals surface area contributed by atoms with Crippen LogP contribution in [0.15, 0.2) is 0 Å². The Kier molecular flexibility index (Phi) is 10.4. The van der Waals surface area contributed by atoms with Crippen molar-refractivity contribution in [1.29, 1.82) is 0 Å². The molecule has 0 bridgehead atoms. The van der Waals surface area contributed by atoms with Crippen molar-refractivity contribution in [1.82, 2.24) is 0 Å². The van der Waals surface area contributed by atoms with Gasteiger partial charge in [0.2, 0.25) is 0 Å². The summed E-state index contributed by atoms with van der Waals surface area (Å²) in [5.74, 6) is 1.72. The van der Waals surface area contributed by atoms with Crippen LogP contribution in [-0.4, -0.2) is 17.8 Å². The molecule has 3 N–H and O–H groups in total. The Labute approximate surface area is 126 Å². The van der Waals surface area contributed by atoms with Crippen LogP contribution in [0.3, 0.4) is 0 Å². The Hall–Kier alpha value is -0.0800. The van der Waals surface area contributed by atoms with Crippen molar-refractivity contribution in [3.8, 4) is 0 Å². The van der Waals surface area contributed by atoms with E-state index in [-0.39, 0.29) is 0 Å². The predicted octanol–water partition coefficient (Wildman–Crippen LogP) is 4.64. The second kappa shape index (κ2) is 11.6. The van der Waals surface area contributed by atoms with Crippen molar-refractivity contribution in [2.45, 2.75) is 96.4 Å². The molecule has 0 spiro atoms. The van der Waals surface area contributed by atoms with Gasteiger partial charge in [0.25, 0.3) is 0 Å². The second-order valence-corrected chi connectivity index (χ2v) is 6.79. The normalized spacial score (nSPS) is 26.2. The standard InChI is InChI=1S/C18H37NO/c1-2-3-4-8-11-16-13-14-18(19)17(16)12-9-6-5-7-10-15-20/h16-18,20H,2-15,19H2,1H3. The highest BCUT2D eigenvalue weighted by atomic mass is 16.2. The van der Waals surface area contributed by atoms with Crippen LogP contribution < -0.4 is 5.73 Å². The molecular weight excluding hydrogens is 246 g/mol. The number of unbranched alkanes of at least 4 members (excludes halogenated alkanes) is 7.